The van der Waals surface area contributed by atoms with E-state index in [1.807, 2.05) is 18.2 Å². The Kier molecular flexibility index (Phi) is 9.98. The van der Waals surface area contributed by atoms with Gasteiger partial charge in [0.25, 0.3) is 0 Å². The summed E-state index contributed by atoms with van der Waals surface area (Å²) in [6.45, 7) is 9.83. The number of likely N-dealkylation sites (tertiary alicyclic amines) is 2. The predicted octanol–water partition coefficient (Wildman–Crippen LogP) is 7.76. The molecule has 4 aliphatic rings. The molecule has 2 aromatic rings. The fourth-order valence-corrected chi connectivity index (χ4v) is 8.67. The van der Waals surface area contributed by atoms with Gasteiger partial charge < -0.3 is 9.84 Å². The Hall–Kier alpha value is -2.74. The Balaban J connectivity index is 1.16. The number of phenols is 1. The van der Waals surface area contributed by atoms with Crippen molar-refractivity contribution in [1.82, 2.24) is 9.80 Å². The summed E-state index contributed by atoms with van der Waals surface area (Å²) in [7, 11) is 0. The lowest BCUT2D eigenvalue weighted by Gasteiger charge is -2.36. The van der Waals surface area contributed by atoms with Crippen molar-refractivity contribution in [3.8, 4) is 5.75 Å². The summed E-state index contributed by atoms with van der Waals surface area (Å²) < 4.78 is 7.45. The van der Waals surface area contributed by atoms with Gasteiger partial charge in [-0.3, -0.25) is 19.4 Å². The molecular formula is C38H47BrN2O4. The number of fused-ring (bicyclic) bond motifs is 3. The maximum absolute atomic E-state index is 14.1. The molecular weight excluding hydrogens is 628 g/mol. The number of ether oxygens (including phenoxy) is 1. The van der Waals surface area contributed by atoms with E-state index in [-0.39, 0.29) is 47.5 Å². The molecule has 0 saturated carbocycles. The molecule has 1 N–H and O–H groups in total. The summed E-state index contributed by atoms with van der Waals surface area (Å²) in [5.41, 5.74) is 6.04. The summed E-state index contributed by atoms with van der Waals surface area (Å²) in [6.07, 6.45) is 8.11. The van der Waals surface area contributed by atoms with Crippen molar-refractivity contribution in [3.63, 3.8) is 0 Å². The lowest BCUT2D eigenvalue weighted by molar-refractivity contribution is -0.144. The molecule has 6 rings (SSSR count). The third kappa shape index (κ3) is 6.72. The fraction of sp³-hybridized carbons (Fsp3) is 0.526. The van der Waals surface area contributed by atoms with Gasteiger partial charge in [-0.1, -0.05) is 90.7 Å². The smallest absolute Gasteiger partial charge is 0.234 e. The minimum atomic E-state index is -0.299. The van der Waals surface area contributed by atoms with Gasteiger partial charge >= 0.3 is 0 Å². The van der Waals surface area contributed by atoms with Crippen LogP contribution in [-0.2, 0) is 20.9 Å². The quantitative estimate of drug-likeness (QED) is 0.206. The molecule has 4 atom stereocenters. The first-order chi connectivity index (χ1) is 21.7. The molecule has 3 saturated heterocycles. The van der Waals surface area contributed by atoms with E-state index in [2.05, 4.69) is 71.9 Å². The van der Waals surface area contributed by atoms with Crippen molar-refractivity contribution in [2.75, 3.05) is 19.7 Å². The maximum Gasteiger partial charge on any atom is 0.234 e. The van der Waals surface area contributed by atoms with E-state index in [9.17, 15) is 14.7 Å². The van der Waals surface area contributed by atoms with Crippen molar-refractivity contribution >= 4 is 33.8 Å². The van der Waals surface area contributed by atoms with Crippen LogP contribution < -0.4 is 0 Å². The van der Waals surface area contributed by atoms with Crippen LogP contribution in [0.2, 0.25) is 0 Å². The number of phenolic OH excluding ortho intramolecular Hbond substituents is 1. The highest BCUT2D eigenvalue weighted by Crippen LogP contribution is 2.52. The van der Waals surface area contributed by atoms with Crippen LogP contribution in [-0.4, -0.2) is 58.6 Å². The normalized spacial score (nSPS) is 26.2. The maximum atomic E-state index is 14.1. The number of piperidine rings is 1. The molecule has 0 bridgehead atoms. The zero-order valence-corrected chi connectivity index (χ0v) is 28.5. The van der Waals surface area contributed by atoms with Gasteiger partial charge in [0.15, 0.2) is 0 Å². The summed E-state index contributed by atoms with van der Waals surface area (Å²) >= 11 is 3.53. The third-order valence-corrected chi connectivity index (χ3v) is 11.0. The van der Waals surface area contributed by atoms with Crippen LogP contribution in [0.15, 0.2) is 69.7 Å². The van der Waals surface area contributed by atoms with Crippen LogP contribution in [0.25, 0.3) is 6.08 Å². The molecule has 45 heavy (non-hydrogen) atoms. The number of rotatable bonds is 10. The van der Waals surface area contributed by atoms with Gasteiger partial charge in [0.1, 0.15) is 5.75 Å². The van der Waals surface area contributed by atoms with E-state index in [4.69, 9.17) is 4.74 Å². The predicted molar refractivity (Wildman–Crippen MR) is 181 cm³/mol. The average Bonchev–Trinajstić information content (AvgIpc) is 3.56. The van der Waals surface area contributed by atoms with Crippen molar-refractivity contribution in [2.45, 2.75) is 84.4 Å². The fourth-order valence-electron chi connectivity index (χ4n) is 8.29. The summed E-state index contributed by atoms with van der Waals surface area (Å²) in [4.78, 5) is 32.2. The Labute approximate surface area is 276 Å². The van der Waals surface area contributed by atoms with E-state index >= 15 is 0 Å². The van der Waals surface area contributed by atoms with Crippen molar-refractivity contribution < 1.29 is 19.4 Å². The highest BCUT2D eigenvalue weighted by molar-refractivity contribution is 9.10. The molecule has 3 heterocycles. The van der Waals surface area contributed by atoms with Crippen LogP contribution in [0, 0.1) is 23.7 Å². The van der Waals surface area contributed by atoms with Crippen molar-refractivity contribution in [3.05, 3.63) is 80.8 Å². The monoisotopic (exact) mass is 674 g/mol. The number of hydrogen-bond acceptors (Lipinski definition) is 5. The topological polar surface area (TPSA) is 70.1 Å². The number of hydrogen-bond donors (Lipinski definition) is 1. The number of imide groups is 1. The molecule has 3 fully saturated rings. The SMILES string of the molecule is CCC/C(=C\c1cc(Br)ccc1O)CC[C@H]1OC[C@H]2C1=C(C(C)C)C[C@H]1C(=O)N(C3CCN(Cc4ccccc4)CC3)C(=O)[C@H]12. The van der Waals surface area contributed by atoms with E-state index in [1.54, 1.807) is 11.0 Å². The second-order valence-electron chi connectivity index (χ2n) is 13.7. The number of amides is 2. The zero-order valence-electron chi connectivity index (χ0n) is 26.9. The van der Waals surface area contributed by atoms with Crippen LogP contribution in [0.4, 0.5) is 0 Å². The number of aromatic hydroxyl groups is 1. The van der Waals surface area contributed by atoms with Crippen molar-refractivity contribution in [1.29, 1.82) is 0 Å². The molecule has 3 aliphatic heterocycles. The molecule has 0 aromatic heterocycles. The van der Waals surface area contributed by atoms with E-state index < -0.39 is 0 Å². The number of carbonyl (C=O) groups is 2. The number of halogens is 1. The number of carbonyl (C=O) groups excluding carboxylic acids is 2. The van der Waals surface area contributed by atoms with Gasteiger partial charge in [0.05, 0.1) is 24.5 Å². The molecule has 0 radical (unpaired) electrons. The first-order valence-corrected chi connectivity index (χ1v) is 17.7. The van der Waals surface area contributed by atoms with Crippen LogP contribution >= 0.6 is 15.9 Å². The van der Waals surface area contributed by atoms with E-state index in [0.717, 1.165) is 68.2 Å². The summed E-state index contributed by atoms with van der Waals surface area (Å²) in [6, 6.07) is 16.0. The minimum Gasteiger partial charge on any atom is -0.507 e. The minimum absolute atomic E-state index is 0.0112. The first kappa shape index (κ1) is 32.2. The highest BCUT2D eigenvalue weighted by Gasteiger charge is 2.58. The summed E-state index contributed by atoms with van der Waals surface area (Å²) in [5.74, 6) is 0.0958. The molecule has 240 valence electrons. The van der Waals surface area contributed by atoms with Crippen molar-refractivity contribution in [2.24, 2.45) is 23.7 Å². The first-order valence-electron chi connectivity index (χ1n) is 16.9. The lowest BCUT2D eigenvalue weighted by atomic mass is 9.67. The van der Waals surface area contributed by atoms with Gasteiger partial charge in [-0.25, -0.2) is 0 Å². The number of nitrogens with zero attached hydrogens (tertiary/aromatic N) is 2. The van der Waals surface area contributed by atoms with Gasteiger partial charge in [0, 0.05) is 41.6 Å². The van der Waals surface area contributed by atoms with Crippen LogP contribution in [0.1, 0.15) is 76.8 Å². The molecule has 7 heteroatoms. The largest absolute Gasteiger partial charge is 0.507 e. The molecule has 6 nitrogen and oxygen atoms in total. The van der Waals surface area contributed by atoms with Gasteiger partial charge in [-0.15, -0.1) is 0 Å². The Morgan fingerprint density at radius 1 is 1.04 bits per heavy atom. The van der Waals surface area contributed by atoms with Gasteiger partial charge in [-0.2, -0.15) is 0 Å². The standard InChI is InChI=1S/C38H47BrN2O4/c1-4-8-25(19-27-20-28(39)12-13-33(27)42)11-14-34-35-30(24(2)3)21-31-36(32(35)23-45-34)38(44)41(37(31)43)29-15-17-40(18-16-29)22-26-9-6-5-7-10-26/h5-7,9-10,12-13,19-20,24,29,31-32,34,36,42H,4,8,11,14-18,21-23H2,1-3H3/b25-19+/t31-,32+,34-,36-/m1/s1. The molecule has 2 amide bonds. The number of allylic oxidation sites excluding steroid dienone is 2. The molecule has 1 aliphatic carbocycles. The Morgan fingerprint density at radius 3 is 2.51 bits per heavy atom. The van der Waals surface area contributed by atoms with Crippen LogP contribution in [0.5, 0.6) is 5.75 Å². The highest BCUT2D eigenvalue weighted by atomic mass is 79.9. The zero-order chi connectivity index (χ0) is 31.7. The van der Waals surface area contributed by atoms with E-state index in [0.29, 0.717) is 18.9 Å². The second kappa shape index (κ2) is 13.9. The average molecular weight is 676 g/mol. The van der Waals surface area contributed by atoms with E-state index in [1.165, 1.54) is 22.3 Å². The molecule has 0 spiro atoms. The second-order valence-corrected chi connectivity index (χ2v) is 14.6. The lowest BCUT2D eigenvalue weighted by Crippen LogP contribution is -2.47. The Morgan fingerprint density at radius 2 is 1.80 bits per heavy atom. The summed E-state index contributed by atoms with van der Waals surface area (Å²) in [5, 5.41) is 10.4. The number of benzene rings is 2. The van der Waals surface area contributed by atoms with Crippen LogP contribution in [0.3, 0.4) is 0 Å². The molecule has 0 unspecified atom stereocenters. The third-order valence-electron chi connectivity index (χ3n) is 10.5. The van der Waals surface area contributed by atoms with Gasteiger partial charge in [-0.05, 0) is 73.8 Å². The van der Waals surface area contributed by atoms with Gasteiger partial charge in [0.2, 0.25) is 11.8 Å². The Bertz CT molecular complexity index is 1460. The molecule has 2 aromatic carbocycles.